The number of anilines is 1. The lowest BCUT2D eigenvalue weighted by Crippen LogP contribution is -2.44. The Morgan fingerprint density at radius 1 is 1.43 bits per heavy atom. The van der Waals surface area contributed by atoms with Gasteiger partial charge in [0, 0.05) is 32.0 Å². The molecule has 76 valence electrons. The van der Waals surface area contributed by atoms with Crippen LogP contribution in [0.1, 0.15) is 12.8 Å². The lowest BCUT2D eigenvalue weighted by Gasteiger charge is -2.31. The highest BCUT2D eigenvalue weighted by atomic mass is 15.3. The molecular formula is C10H16N4. The molecule has 1 N–H and O–H groups in total. The summed E-state index contributed by atoms with van der Waals surface area (Å²) in [4.78, 5) is 10.6. The number of likely N-dealkylation sites (N-methyl/N-ethyl adjacent to an activating group) is 1. The van der Waals surface area contributed by atoms with Gasteiger partial charge in [-0.25, -0.2) is 9.97 Å². The Balaban J connectivity index is 2.03. The van der Waals surface area contributed by atoms with Gasteiger partial charge in [0.15, 0.2) is 0 Å². The molecule has 0 aromatic carbocycles. The molecule has 1 atom stereocenters. The van der Waals surface area contributed by atoms with E-state index in [1.807, 2.05) is 6.07 Å². The number of aromatic nitrogens is 2. The summed E-state index contributed by atoms with van der Waals surface area (Å²) >= 11 is 0. The van der Waals surface area contributed by atoms with Gasteiger partial charge in [-0.05, 0) is 25.5 Å². The van der Waals surface area contributed by atoms with Gasteiger partial charge in [0.1, 0.15) is 0 Å². The summed E-state index contributed by atoms with van der Waals surface area (Å²) in [6, 6.07) is 2.38. The van der Waals surface area contributed by atoms with Gasteiger partial charge in [-0.3, -0.25) is 0 Å². The van der Waals surface area contributed by atoms with Crippen LogP contribution in [0.5, 0.6) is 0 Å². The highest BCUT2D eigenvalue weighted by Crippen LogP contribution is 2.13. The molecule has 2 rings (SSSR count). The van der Waals surface area contributed by atoms with Crippen molar-refractivity contribution in [3.63, 3.8) is 0 Å². The zero-order valence-corrected chi connectivity index (χ0v) is 8.48. The van der Waals surface area contributed by atoms with E-state index in [4.69, 9.17) is 0 Å². The molecule has 0 spiro atoms. The first-order valence-corrected chi connectivity index (χ1v) is 5.08. The van der Waals surface area contributed by atoms with E-state index in [0.29, 0.717) is 6.04 Å². The minimum Gasteiger partial charge on any atom is -0.340 e. The standard InChI is InChI=1S/C10H16N4/c1-14(9-4-2-5-11-8-9)10-12-6-3-7-13-10/h3,6-7,9,11H,2,4-5,8H2,1H3. The van der Waals surface area contributed by atoms with Crippen LogP contribution in [0.3, 0.4) is 0 Å². The zero-order valence-electron chi connectivity index (χ0n) is 8.48. The van der Waals surface area contributed by atoms with Crippen LogP contribution in [0.15, 0.2) is 18.5 Å². The van der Waals surface area contributed by atoms with Crippen LogP contribution in [0.25, 0.3) is 0 Å². The minimum atomic E-state index is 0.533. The molecule has 1 aliphatic rings. The minimum absolute atomic E-state index is 0.533. The van der Waals surface area contributed by atoms with Crippen LogP contribution in [0.2, 0.25) is 0 Å². The van der Waals surface area contributed by atoms with Gasteiger partial charge in [-0.1, -0.05) is 0 Å². The lowest BCUT2D eigenvalue weighted by molar-refractivity contribution is 0.441. The normalized spacial score (nSPS) is 21.9. The Kier molecular flexibility index (Phi) is 2.93. The molecule has 1 unspecified atom stereocenters. The summed E-state index contributed by atoms with van der Waals surface area (Å²) in [5.74, 6) is 0.821. The molecule has 14 heavy (non-hydrogen) atoms. The van der Waals surface area contributed by atoms with Gasteiger partial charge in [-0.15, -0.1) is 0 Å². The number of rotatable bonds is 2. The molecule has 1 aromatic rings. The maximum Gasteiger partial charge on any atom is 0.225 e. The quantitative estimate of drug-likeness (QED) is 0.747. The Hall–Kier alpha value is -1.16. The molecule has 4 heteroatoms. The number of piperidine rings is 1. The summed E-state index contributed by atoms with van der Waals surface area (Å²) < 4.78 is 0. The second-order valence-corrected chi connectivity index (χ2v) is 3.66. The third-order valence-corrected chi connectivity index (χ3v) is 2.69. The predicted octanol–water partition coefficient (Wildman–Crippen LogP) is 0.665. The van der Waals surface area contributed by atoms with Crippen molar-refractivity contribution in [3.05, 3.63) is 18.5 Å². The molecule has 0 radical (unpaired) electrons. The molecule has 0 bridgehead atoms. The maximum absolute atomic E-state index is 4.24. The molecular weight excluding hydrogens is 176 g/mol. The van der Waals surface area contributed by atoms with E-state index in [9.17, 15) is 0 Å². The van der Waals surface area contributed by atoms with E-state index in [-0.39, 0.29) is 0 Å². The Bertz CT molecular complexity index is 269. The first kappa shape index (κ1) is 9.40. The van der Waals surface area contributed by atoms with Crippen molar-refractivity contribution in [1.29, 1.82) is 0 Å². The molecule has 0 amide bonds. The van der Waals surface area contributed by atoms with Gasteiger partial charge in [-0.2, -0.15) is 0 Å². The SMILES string of the molecule is CN(c1ncccn1)C1CCCNC1. The van der Waals surface area contributed by atoms with Crippen LogP contribution in [-0.2, 0) is 0 Å². The Morgan fingerprint density at radius 2 is 2.21 bits per heavy atom. The van der Waals surface area contributed by atoms with E-state index >= 15 is 0 Å². The van der Waals surface area contributed by atoms with Gasteiger partial charge in [0.2, 0.25) is 5.95 Å². The Labute approximate surface area is 84.4 Å². The van der Waals surface area contributed by atoms with Crippen LogP contribution in [0, 0.1) is 0 Å². The summed E-state index contributed by atoms with van der Waals surface area (Å²) in [5.41, 5.74) is 0. The van der Waals surface area contributed by atoms with Crippen LogP contribution in [0.4, 0.5) is 5.95 Å². The molecule has 0 saturated carbocycles. The average Bonchev–Trinajstić information content (AvgIpc) is 2.30. The third kappa shape index (κ3) is 2.01. The van der Waals surface area contributed by atoms with Crippen molar-refractivity contribution in [3.8, 4) is 0 Å². The van der Waals surface area contributed by atoms with Gasteiger partial charge in [0.25, 0.3) is 0 Å². The third-order valence-electron chi connectivity index (χ3n) is 2.69. The van der Waals surface area contributed by atoms with Gasteiger partial charge < -0.3 is 10.2 Å². The van der Waals surface area contributed by atoms with Crippen molar-refractivity contribution in [2.75, 3.05) is 25.0 Å². The smallest absolute Gasteiger partial charge is 0.225 e. The molecule has 2 heterocycles. The van der Waals surface area contributed by atoms with Crippen molar-refractivity contribution < 1.29 is 0 Å². The van der Waals surface area contributed by atoms with Gasteiger partial charge in [0.05, 0.1) is 0 Å². The summed E-state index contributed by atoms with van der Waals surface area (Å²) in [5, 5.41) is 3.39. The zero-order chi connectivity index (χ0) is 9.80. The highest BCUT2D eigenvalue weighted by Gasteiger charge is 2.18. The lowest BCUT2D eigenvalue weighted by atomic mass is 10.1. The molecule has 1 aromatic heterocycles. The number of nitrogens with zero attached hydrogens (tertiary/aromatic N) is 3. The number of hydrogen-bond acceptors (Lipinski definition) is 4. The van der Waals surface area contributed by atoms with Crippen molar-refractivity contribution in [1.82, 2.24) is 15.3 Å². The molecule has 1 aliphatic heterocycles. The predicted molar refractivity (Wildman–Crippen MR) is 56.3 cm³/mol. The first-order valence-electron chi connectivity index (χ1n) is 5.08. The summed E-state index contributed by atoms with van der Waals surface area (Å²) in [6.45, 7) is 2.18. The average molecular weight is 192 g/mol. The van der Waals surface area contributed by atoms with Crippen molar-refractivity contribution >= 4 is 5.95 Å². The van der Waals surface area contributed by atoms with Crippen molar-refractivity contribution in [2.45, 2.75) is 18.9 Å². The van der Waals surface area contributed by atoms with Crippen LogP contribution >= 0.6 is 0 Å². The second-order valence-electron chi connectivity index (χ2n) is 3.66. The summed E-state index contributed by atoms with van der Waals surface area (Å²) in [6.07, 6.45) is 6.04. The van der Waals surface area contributed by atoms with E-state index in [2.05, 4.69) is 27.2 Å². The largest absolute Gasteiger partial charge is 0.340 e. The van der Waals surface area contributed by atoms with E-state index < -0.39 is 0 Å². The molecule has 0 aliphatic carbocycles. The Morgan fingerprint density at radius 3 is 2.86 bits per heavy atom. The van der Waals surface area contributed by atoms with E-state index in [1.54, 1.807) is 12.4 Å². The van der Waals surface area contributed by atoms with E-state index in [1.165, 1.54) is 12.8 Å². The second kappa shape index (κ2) is 4.37. The van der Waals surface area contributed by atoms with Crippen LogP contribution < -0.4 is 10.2 Å². The molecule has 4 nitrogen and oxygen atoms in total. The fourth-order valence-corrected chi connectivity index (χ4v) is 1.80. The maximum atomic E-state index is 4.24. The van der Waals surface area contributed by atoms with Crippen LogP contribution in [-0.4, -0.2) is 36.1 Å². The van der Waals surface area contributed by atoms with Gasteiger partial charge >= 0.3 is 0 Å². The molecule has 1 saturated heterocycles. The number of nitrogens with one attached hydrogen (secondary N) is 1. The first-order chi connectivity index (χ1) is 6.88. The number of hydrogen-bond donors (Lipinski definition) is 1. The monoisotopic (exact) mass is 192 g/mol. The highest BCUT2D eigenvalue weighted by molar-refractivity contribution is 5.29. The summed E-state index contributed by atoms with van der Waals surface area (Å²) in [7, 11) is 2.06. The van der Waals surface area contributed by atoms with Crippen molar-refractivity contribution in [2.24, 2.45) is 0 Å². The fourth-order valence-electron chi connectivity index (χ4n) is 1.80. The van der Waals surface area contributed by atoms with E-state index in [0.717, 1.165) is 19.0 Å². The molecule has 1 fully saturated rings. The topological polar surface area (TPSA) is 41.1 Å². The fraction of sp³-hybridized carbons (Fsp3) is 0.600.